The number of benzene rings is 2. The number of nitrogens with one attached hydrogen (secondary N) is 1. The van der Waals surface area contributed by atoms with E-state index in [9.17, 15) is 17.6 Å². The molecule has 5 rings (SSSR count). The monoisotopic (exact) mass is 492 g/mol. The molecule has 0 saturated carbocycles. The van der Waals surface area contributed by atoms with E-state index in [2.05, 4.69) is 9.71 Å². The average molecular weight is 493 g/mol. The fourth-order valence-corrected chi connectivity index (χ4v) is 5.67. The van der Waals surface area contributed by atoms with Crippen LogP contribution < -0.4 is 9.62 Å². The van der Waals surface area contributed by atoms with Gasteiger partial charge in [0.2, 0.25) is 15.9 Å². The topological polar surface area (TPSA) is 83.8 Å². The number of pyridine rings is 1. The molecular formula is C26H25FN4O3S. The molecular weight excluding hydrogens is 467 g/mol. The summed E-state index contributed by atoms with van der Waals surface area (Å²) in [6.45, 7) is 3.52. The molecule has 180 valence electrons. The molecule has 0 spiro atoms. The van der Waals surface area contributed by atoms with E-state index in [4.69, 9.17) is 0 Å². The van der Waals surface area contributed by atoms with Crippen LogP contribution in [-0.2, 0) is 14.8 Å². The van der Waals surface area contributed by atoms with Gasteiger partial charge in [-0.1, -0.05) is 30.3 Å². The minimum absolute atomic E-state index is 0.189. The largest absolute Gasteiger partial charge is 0.304 e. The molecule has 1 saturated heterocycles. The third-order valence-corrected chi connectivity index (χ3v) is 7.22. The Bertz CT molecular complexity index is 1520. The van der Waals surface area contributed by atoms with Crippen molar-refractivity contribution in [1.82, 2.24) is 14.1 Å². The summed E-state index contributed by atoms with van der Waals surface area (Å²) in [6.07, 6.45) is 4.56. The standard InChI is InChI=1S/C26H25FN4O3S/c1-26(2)24(29-35(3,33)34)23(18-7-5-4-6-8-18)31(25(26)32)20-13-14-21-22(28-16-30(21)15-20)17-9-11-19(27)12-10-17/h4-16,23-24,29H,1-3H3/t23-,24-/m1/s1. The van der Waals surface area contributed by atoms with Crippen LogP contribution in [0.3, 0.4) is 0 Å². The zero-order chi connectivity index (χ0) is 25.0. The summed E-state index contributed by atoms with van der Waals surface area (Å²) in [6, 6.07) is 18.0. The van der Waals surface area contributed by atoms with Gasteiger partial charge in [0.05, 0.1) is 40.7 Å². The first-order valence-corrected chi connectivity index (χ1v) is 13.0. The summed E-state index contributed by atoms with van der Waals surface area (Å²) >= 11 is 0. The van der Waals surface area contributed by atoms with E-state index >= 15 is 0 Å². The van der Waals surface area contributed by atoms with Gasteiger partial charge < -0.3 is 9.30 Å². The van der Waals surface area contributed by atoms with Crippen molar-refractivity contribution >= 4 is 27.1 Å². The fraction of sp³-hybridized carbons (Fsp3) is 0.231. The Morgan fingerprint density at radius 1 is 1.00 bits per heavy atom. The van der Waals surface area contributed by atoms with Gasteiger partial charge in [-0.15, -0.1) is 0 Å². The molecule has 0 aliphatic carbocycles. The number of rotatable bonds is 5. The molecule has 9 heteroatoms. The van der Waals surface area contributed by atoms with E-state index in [1.54, 1.807) is 37.2 Å². The van der Waals surface area contributed by atoms with Crippen molar-refractivity contribution in [3.05, 3.63) is 90.6 Å². The van der Waals surface area contributed by atoms with Crippen LogP contribution in [0.2, 0.25) is 0 Å². The van der Waals surface area contributed by atoms with Crippen LogP contribution >= 0.6 is 0 Å². The van der Waals surface area contributed by atoms with Gasteiger partial charge >= 0.3 is 0 Å². The van der Waals surface area contributed by atoms with E-state index in [0.29, 0.717) is 11.4 Å². The molecule has 2 aromatic heterocycles. The predicted molar refractivity (Wildman–Crippen MR) is 133 cm³/mol. The second-order valence-electron chi connectivity index (χ2n) is 9.40. The summed E-state index contributed by atoms with van der Waals surface area (Å²) in [5.41, 5.74) is 2.72. The van der Waals surface area contributed by atoms with Gasteiger partial charge in [-0.25, -0.2) is 22.5 Å². The molecule has 1 N–H and O–H groups in total. The molecule has 2 aromatic carbocycles. The Balaban J connectivity index is 1.63. The lowest BCUT2D eigenvalue weighted by Crippen LogP contribution is -2.45. The molecule has 0 radical (unpaired) electrons. The average Bonchev–Trinajstić information content (AvgIpc) is 3.31. The maximum Gasteiger partial charge on any atom is 0.235 e. The molecule has 3 heterocycles. The Morgan fingerprint density at radius 3 is 2.34 bits per heavy atom. The summed E-state index contributed by atoms with van der Waals surface area (Å²) in [5, 5.41) is 0. The van der Waals surface area contributed by atoms with Gasteiger partial charge in [-0.3, -0.25) is 4.79 Å². The molecule has 0 unspecified atom stereocenters. The molecule has 2 atom stereocenters. The smallest absolute Gasteiger partial charge is 0.235 e. The number of carbonyl (C=O) groups excluding carboxylic acids is 1. The summed E-state index contributed by atoms with van der Waals surface area (Å²) in [7, 11) is -3.58. The Hall–Kier alpha value is -3.56. The minimum Gasteiger partial charge on any atom is -0.304 e. The number of nitrogens with zero attached hydrogens (tertiary/aromatic N) is 3. The van der Waals surface area contributed by atoms with Crippen molar-refractivity contribution in [2.24, 2.45) is 5.41 Å². The van der Waals surface area contributed by atoms with E-state index in [1.165, 1.54) is 12.1 Å². The van der Waals surface area contributed by atoms with Gasteiger partial charge in [0, 0.05) is 11.8 Å². The lowest BCUT2D eigenvalue weighted by atomic mass is 9.83. The maximum absolute atomic E-state index is 13.7. The predicted octanol–water partition coefficient (Wildman–Crippen LogP) is 4.17. The highest BCUT2D eigenvalue weighted by molar-refractivity contribution is 7.88. The van der Waals surface area contributed by atoms with Crippen molar-refractivity contribution in [2.45, 2.75) is 25.9 Å². The first-order valence-electron chi connectivity index (χ1n) is 11.1. The van der Waals surface area contributed by atoms with Crippen molar-refractivity contribution in [3.8, 4) is 11.3 Å². The molecule has 1 aliphatic heterocycles. The lowest BCUT2D eigenvalue weighted by Gasteiger charge is -2.30. The van der Waals surface area contributed by atoms with Crippen LogP contribution in [0.15, 0.2) is 79.3 Å². The third-order valence-electron chi connectivity index (χ3n) is 6.53. The second kappa shape index (κ2) is 8.28. The number of halogens is 1. The first-order chi connectivity index (χ1) is 16.6. The van der Waals surface area contributed by atoms with Gasteiger partial charge in [0.1, 0.15) is 12.1 Å². The number of anilines is 1. The van der Waals surface area contributed by atoms with Crippen LogP contribution in [-0.4, -0.2) is 36.0 Å². The van der Waals surface area contributed by atoms with E-state index in [1.807, 2.05) is 53.1 Å². The lowest BCUT2D eigenvalue weighted by molar-refractivity contribution is -0.124. The highest BCUT2D eigenvalue weighted by Gasteiger charge is 2.55. The van der Waals surface area contributed by atoms with E-state index < -0.39 is 27.5 Å². The maximum atomic E-state index is 13.7. The number of amides is 1. The molecule has 1 amide bonds. The van der Waals surface area contributed by atoms with Gasteiger partial charge in [0.15, 0.2) is 0 Å². The highest BCUT2D eigenvalue weighted by Crippen LogP contribution is 2.46. The van der Waals surface area contributed by atoms with E-state index in [-0.39, 0.29) is 11.7 Å². The number of hydrogen-bond acceptors (Lipinski definition) is 4. The third kappa shape index (κ3) is 4.11. The van der Waals surface area contributed by atoms with Crippen molar-refractivity contribution in [1.29, 1.82) is 0 Å². The number of hydrogen-bond donors (Lipinski definition) is 1. The van der Waals surface area contributed by atoms with Crippen LogP contribution in [0.25, 0.3) is 16.8 Å². The molecule has 0 bridgehead atoms. The van der Waals surface area contributed by atoms with Gasteiger partial charge in [0.25, 0.3) is 0 Å². The number of imidazole rings is 1. The van der Waals surface area contributed by atoms with E-state index in [0.717, 1.165) is 22.9 Å². The van der Waals surface area contributed by atoms with Crippen LogP contribution in [0, 0.1) is 11.2 Å². The zero-order valence-electron chi connectivity index (χ0n) is 19.5. The summed E-state index contributed by atoms with van der Waals surface area (Å²) < 4.78 is 42.4. The Kier molecular flexibility index (Phi) is 5.49. The highest BCUT2D eigenvalue weighted by atomic mass is 32.2. The Labute approximate surface area is 203 Å². The minimum atomic E-state index is -3.58. The number of fused-ring (bicyclic) bond motifs is 1. The first kappa shape index (κ1) is 23.2. The fourth-order valence-electron chi connectivity index (χ4n) is 4.79. The van der Waals surface area contributed by atoms with Crippen molar-refractivity contribution in [3.63, 3.8) is 0 Å². The van der Waals surface area contributed by atoms with Crippen molar-refractivity contribution < 1.29 is 17.6 Å². The van der Waals surface area contributed by atoms with Crippen LogP contribution in [0.5, 0.6) is 0 Å². The molecule has 1 fully saturated rings. The molecule has 4 aromatic rings. The quantitative estimate of drug-likeness (QED) is 0.453. The molecule has 35 heavy (non-hydrogen) atoms. The normalized spacial score (nSPS) is 20.0. The molecule has 7 nitrogen and oxygen atoms in total. The van der Waals surface area contributed by atoms with Crippen LogP contribution in [0.1, 0.15) is 25.5 Å². The van der Waals surface area contributed by atoms with Gasteiger partial charge in [-0.05, 0) is 55.8 Å². The zero-order valence-corrected chi connectivity index (χ0v) is 20.3. The van der Waals surface area contributed by atoms with Crippen LogP contribution in [0.4, 0.5) is 10.1 Å². The van der Waals surface area contributed by atoms with Gasteiger partial charge in [-0.2, -0.15) is 0 Å². The number of aromatic nitrogens is 2. The summed E-state index contributed by atoms with van der Waals surface area (Å²) in [4.78, 5) is 19.9. The molecule has 1 aliphatic rings. The van der Waals surface area contributed by atoms with Crippen molar-refractivity contribution in [2.75, 3.05) is 11.2 Å². The SMILES string of the molecule is CC1(C)C(=O)N(c2ccc3c(-c4ccc(F)cc4)ncn3c2)[C@H](c2ccccc2)[C@H]1NS(C)(=O)=O. The summed E-state index contributed by atoms with van der Waals surface area (Å²) in [5.74, 6) is -0.510. The Morgan fingerprint density at radius 2 is 1.69 bits per heavy atom. The number of carbonyl (C=O) groups is 1. The number of sulfonamides is 1. The second-order valence-corrected chi connectivity index (χ2v) is 11.2.